The van der Waals surface area contributed by atoms with Crippen molar-refractivity contribution in [3.63, 3.8) is 0 Å². The van der Waals surface area contributed by atoms with Gasteiger partial charge in [-0.2, -0.15) is 0 Å². The lowest BCUT2D eigenvalue weighted by Gasteiger charge is -2.26. The molecule has 1 unspecified atom stereocenters. The highest BCUT2D eigenvalue weighted by Gasteiger charge is 2.34. The first-order valence-electron chi connectivity index (χ1n) is 6.55. The van der Waals surface area contributed by atoms with Crippen LogP contribution in [0.15, 0.2) is 12.3 Å². The van der Waals surface area contributed by atoms with Gasteiger partial charge in [0.2, 0.25) is 0 Å². The van der Waals surface area contributed by atoms with Gasteiger partial charge >= 0.3 is 0 Å². The molecule has 0 radical (unpaired) electrons. The van der Waals surface area contributed by atoms with Crippen molar-refractivity contribution in [3.05, 3.63) is 23.5 Å². The predicted octanol–water partition coefficient (Wildman–Crippen LogP) is 0.867. The molecule has 20 heavy (non-hydrogen) atoms. The van der Waals surface area contributed by atoms with Gasteiger partial charge in [-0.3, -0.25) is 9.59 Å². The molecule has 0 aliphatic carbocycles. The minimum atomic E-state index is -3.03. The Morgan fingerprint density at radius 2 is 2.15 bits per heavy atom. The van der Waals surface area contributed by atoms with Crippen molar-refractivity contribution in [2.75, 3.05) is 18.1 Å². The Kier molecular flexibility index (Phi) is 3.99. The minimum absolute atomic E-state index is 0.0207. The Hall–Kier alpha value is -1.63. The fourth-order valence-corrected chi connectivity index (χ4v) is 4.20. The average molecular weight is 298 g/mol. The maximum Gasteiger partial charge on any atom is 0.270 e. The quantitative estimate of drug-likeness (QED) is 0.835. The summed E-state index contributed by atoms with van der Waals surface area (Å²) in [6.07, 6.45) is 1.97. The number of hydrogen-bond acceptors (Lipinski definition) is 4. The van der Waals surface area contributed by atoms with E-state index in [0.29, 0.717) is 24.2 Å². The molecule has 0 spiro atoms. The highest BCUT2D eigenvalue weighted by molar-refractivity contribution is 7.91. The number of aromatic amines is 1. The van der Waals surface area contributed by atoms with Crippen LogP contribution in [0.3, 0.4) is 0 Å². The molecule has 0 saturated carbocycles. The molecule has 110 valence electrons. The third-order valence-corrected chi connectivity index (χ3v) is 5.32. The van der Waals surface area contributed by atoms with Crippen molar-refractivity contribution in [3.8, 4) is 0 Å². The summed E-state index contributed by atoms with van der Waals surface area (Å²) in [7, 11) is -3.03. The van der Waals surface area contributed by atoms with Crippen LogP contribution in [0.4, 0.5) is 0 Å². The van der Waals surface area contributed by atoms with E-state index in [0.717, 1.165) is 0 Å². The number of carbonyl (C=O) groups is 2. The fourth-order valence-electron chi connectivity index (χ4n) is 2.46. The summed E-state index contributed by atoms with van der Waals surface area (Å²) >= 11 is 0. The maximum absolute atomic E-state index is 12.4. The van der Waals surface area contributed by atoms with Crippen molar-refractivity contribution in [1.29, 1.82) is 0 Å². The first-order valence-corrected chi connectivity index (χ1v) is 8.37. The van der Waals surface area contributed by atoms with E-state index in [4.69, 9.17) is 0 Å². The zero-order chi connectivity index (χ0) is 14.9. The molecule has 1 aromatic heterocycles. The Bertz CT molecular complexity index is 633. The smallest absolute Gasteiger partial charge is 0.270 e. The summed E-state index contributed by atoms with van der Waals surface area (Å²) in [5.74, 6) is -0.230. The number of ketones is 1. The van der Waals surface area contributed by atoms with Crippen molar-refractivity contribution < 1.29 is 18.0 Å². The predicted molar refractivity (Wildman–Crippen MR) is 74.6 cm³/mol. The number of carbonyl (C=O) groups excluding carboxylic acids is 2. The summed E-state index contributed by atoms with van der Waals surface area (Å²) in [4.78, 5) is 28.0. The van der Waals surface area contributed by atoms with Crippen molar-refractivity contribution >= 4 is 21.5 Å². The third-order valence-electron chi connectivity index (χ3n) is 3.57. The zero-order valence-corrected chi connectivity index (χ0v) is 12.4. The standard InChI is InChI=1S/C13H18N2O4S/c1-3-15(11-4-5-20(18,19)8-11)13(17)12-6-10(7-14-12)9(2)16/h6-7,11,14H,3-5,8H2,1-2H3. The van der Waals surface area contributed by atoms with Crippen molar-refractivity contribution in [1.82, 2.24) is 9.88 Å². The van der Waals surface area contributed by atoms with E-state index in [1.807, 2.05) is 6.92 Å². The molecule has 1 aromatic rings. The maximum atomic E-state index is 12.4. The summed E-state index contributed by atoms with van der Waals surface area (Å²) in [6, 6.07) is 1.23. The van der Waals surface area contributed by atoms with E-state index in [1.54, 1.807) is 4.90 Å². The van der Waals surface area contributed by atoms with Gasteiger partial charge in [-0.25, -0.2) is 8.42 Å². The van der Waals surface area contributed by atoms with Gasteiger partial charge in [-0.15, -0.1) is 0 Å². The first-order chi connectivity index (χ1) is 9.34. The van der Waals surface area contributed by atoms with Crippen LogP contribution >= 0.6 is 0 Å². The van der Waals surface area contributed by atoms with Gasteiger partial charge in [-0.1, -0.05) is 0 Å². The number of H-pyrrole nitrogens is 1. The SMILES string of the molecule is CCN(C(=O)c1cc(C(C)=O)c[nH]1)C1CCS(=O)(=O)C1. The van der Waals surface area contributed by atoms with Crippen LogP contribution in [0.2, 0.25) is 0 Å². The number of rotatable bonds is 4. The van der Waals surface area contributed by atoms with E-state index >= 15 is 0 Å². The van der Waals surface area contributed by atoms with Gasteiger partial charge in [0, 0.05) is 24.3 Å². The summed E-state index contributed by atoms with van der Waals surface area (Å²) in [5, 5.41) is 0. The van der Waals surface area contributed by atoms with Crippen LogP contribution in [-0.2, 0) is 9.84 Å². The highest BCUT2D eigenvalue weighted by atomic mass is 32.2. The monoisotopic (exact) mass is 298 g/mol. The second-order valence-electron chi connectivity index (χ2n) is 5.01. The van der Waals surface area contributed by atoms with E-state index in [9.17, 15) is 18.0 Å². The number of nitrogens with one attached hydrogen (secondary N) is 1. The Morgan fingerprint density at radius 1 is 1.45 bits per heavy atom. The number of Topliss-reactive ketones (excluding diaryl/α,β-unsaturated/α-hetero) is 1. The van der Waals surface area contributed by atoms with Gasteiger partial charge in [0.1, 0.15) is 5.69 Å². The third kappa shape index (κ3) is 2.92. The lowest BCUT2D eigenvalue weighted by atomic mass is 10.2. The van der Waals surface area contributed by atoms with Crippen molar-refractivity contribution in [2.45, 2.75) is 26.3 Å². The lowest BCUT2D eigenvalue weighted by molar-refractivity contribution is 0.0703. The fraction of sp³-hybridized carbons (Fsp3) is 0.538. The molecule has 0 bridgehead atoms. The van der Waals surface area contributed by atoms with Gasteiger partial charge in [0.05, 0.1) is 11.5 Å². The molecule has 1 saturated heterocycles. The molecular weight excluding hydrogens is 280 g/mol. The Morgan fingerprint density at radius 3 is 2.60 bits per heavy atom. The molecule has 7 heteroatoms. The Balaban J connectivity index is 2.19. The van der Waals surface area contributed by atoms with E-state index < -0.39 is 9.84 Å². The van der Waals surface area contributed by atoms with Crippen LogP contribution in [0.1, 0.15) is 41.1 Å². The molecule has 2 rings (SSSR count). The van der Waals surface area contributed by atoms with E-state index in [1.165, 1.54) is 19.2 Å². The number of hydrogen-bond donors (Lipinski definition) is 1. The van der Waals surface area contributed by atoms with E-state index in [2.05, 4.69) is 4.98 Å². The summed E-state index contributed by atoms with van der Waals surface area (Å²) < 4.78 is 23.0. The molecule has 2 heterocycles. The molecule has 0 aromatic carbocycles. The molecule has 1 amide bonds. The van der Waals surface area contributed by atoms with Crippen LogP contribution in [0.5, 0.6) is 0 Å². The normalized spacial score (nSPS) is 20.8. The highest BCUT2D eigenvalue weighted by Crippen LogP contribution is 2.20. The number of aromatic nitrogens is 1. The van der Waals surface area contributed by atoms with Crippen LogP contribution in [0, 0.1) is 0 Å². The van der Waals surface area contributed by atoms with Gasteiger partial charge in [0.15, 0.2) is 15.6 Å². The molecule has 1 aliphatic heterocycles. The second-order valence-corrected chi connectivity index (χ2v) is 7.23. The lowest BCUT2D eigenvalue weighted by Crippen LogP contribution is -2.41. The zero-order valence-electron chi connectivity index (χ0n) is 11.5. The molecule has 1 aliphatic rings. The summed E-state index contributed by atoms with van der Waals surface area (Å²) in [5.41, 5.74) is 0.768. The molecule has 6 nitrogen and oxygen atoms in total. The van der Waals surface area contributed by atoms with Gasteiger partial charge in [0.25, 0.3) is 5.91 Å². The topological polar surface area (TPSA) is 87.3 Å². The first kappa shape index (κ1) is 14.8. The molecule has 1 N–H and O–H groups in total. The molecule has 1 atom stereocenters. The van der Waals surface area contributed by atoms with Crippen LogP contribution < -0.4 is 0 Å². The molecular formula is C13H18N2O4S. The van der Waals surface area contributed by atoms with Gasteiger partial charge in [-0.05, 0) is 26.3 Å². The second kappa shape index (κ2) is 5.40. The summed E-state index contributed by atoms with van der Waals surface area (Å²) in [6.45, 7) is 3.68. The van der Waals surface area contributed by atoms with Crippen LogP contribution in [-0.4, -0.2) is 54.1 Å². The average Bonchev–Trinajstić information content (AvgIpc) is 2.97. The largest absolute Gasteiger partial charge is 0.356 e. The van der Waals surface area contributed by atoms with Crippen molar-refractivity contribution in [2.24, 2.45) is 0 Å². The number of amides is 1. The van der Waals surface area contributed by atoms with Crippen LogP contribution in [0.25, 0.3) is 0 Å². The number of sulfone groups is 1. The van der Waals surface area contributed by atoms with E-state index in [-0.39, 0.29) is 29.2 Å². The number of nitrogens with zero attached hydrogens (tertiary/aromatic N) is 1. The molecule has 1 fully saturated rings. The Labute approximate surface area is 118 Å². The van der Waals surface area contributed by atoms with Gasteiger partial charge < -0.3 is 9.88 Å². The minimum Gasteiger partial charge on any atom is -0.356 e.